The van der Waals surface area contributed by atoms with Crippen molar-refractivity contribution in [3.8, 4) is 0 Å². The van der Waals surface area contributed by atoms with E-state index < -0.39 is 0 Å². The summed E-state index contributed by atoms with van der Waals surface area (Å²) in [6.45, 7) is 74.2. The van der Waals surface area contributed by atoms with Crippen LogP contribution in [0, 0.1) is 0 Å². The first kappa shape index (κ1) is 110. The van der Waals surface area contributed by atoms with Crippen molar-refractivity contribution in [1.82, 2.24) is 75.2 Å². The van der Waals surface area contributed by atoms with Crippen LogP contribution in [0.3, 0.4) is 0 Å². The van der Waals surface area contributed by atoms with Crippen molar-refractivity contribution >= 4 is 0 Å². The molecular weight excluding hydrogens is 1220 g/mol. The maximum Gasteiger partial charge on any atom is 0.134 e. The molecule has 99 heavy (non-hydrogen) atoms. The summed E-state index contributed by atoms with van der Waals surface area (Å²) in [4.78, 5) is 43.9. The summed E-state index contributed by atoms with van der Waals surface area (Å²) in [7, 11) is 0. The number of hydrogen-bond donors (Lipinski definition) is 0. The molecule has 9 aromatic heterocycles. The average Bonchev–Trinajstić information content (AvgIpc) is 3.85. The lowest BCUT2D eigenvalue weighted by Crippen LogP contribution is -1.95. The van der Waals surface area contributed by atoms with Crippen LogP contribution in [0.25, 0.3) is 0 Å². The van der Waals surface area contributed by atoms with Gasteiger partial charge in [-0.15, -0.1) is 0 Å². The van der Waals surface area contributed by atoms with Crippen LogP contribution in [-0.4, -0.2) is 75.2 Å². The molecule has 9 rings (SSSR count). The number of pyridine rings is 4. The summed E-state index contributed by atoms with van der Waals surface area (Å²) in [6.07, 6.45) is 29.9. The molecule has 0 fully saturated rings. The molecule has 15 heteroatoms. The molecular formula is C84H147N15. The van der Waals surface area contributed by atoms with Gasteiger partial charge in [0.1, 0.15) is 24.3 Å². The van der Waals surface area contributed by atoms with Crippen molar-refractivity contribution < 1.29 is 0 Å². The third-order valence-corrected chi connectivity index (χ3v) is 11.1. The number of hydrogen-bond acceptors (Lipinski definition) is 15. The highest BCUT2D eigenvalue weighted by atomic mass is 15.1. The van der Waals surface area contributed by atoms with Crippen LogP contribution in [0.5, 0.6) is 0 Å². The predicted octanol–water partition coefficient (Wildman–Crippen LogP) is 25.5. The quantitative estimate of drug-likeness (QED) is 0.132. The molecule has 0 saturated carbocycles. The first-order valence-corrected chi connectivity index (χ1v) is 37.0. The monoisotopic (exact) mass is 1370 g/mol. The van der Waals surface area contributed by atoms with E-state index in [1.165, 1.54) is 34.9 Å². The van der Waals surface area contributed by atoms with E-state index in [1.54, 1.807) is 62.0 Å². The van der Waals surface area contributed by atoms with Crippen LogP contribution < -0.4 is 0 Å². The molecule has 15 nitrogen and oxygen atoms in total. The van der Waals surface area contributed by atoms with E-state index >= 15 is 0 Å². The third-order valence-electron chi connectivity index (χ3n) is 11.1. The molecule has 0 amide bonds. The summed E-state index contributed by atoms with van der Waals surface area (Å²) in [6, 6.07) is 25.9. The highest BCUT2D eigenvalue weighted by Crippen LogP contribution is 2.14. The Morgan fingerprint density at radius 1 is 0.202 bits per heavy atom. The number of rotatable bonds is 9. The minimum Gasteiger partial charge on any atom is -0.265 e. The largest absolute Gasteiger partial charge is 0.265 e. The molecule has 0 aliphatic heterocycles. The van der Waals surface area contributed by atoms with Gasteiger partial charge in [-0.3, -0.25) is 29.9 Å². The maximum absolute atomic E-state index is 4.18. The standard InChI is InChI=1S/4C8H11N.4C7H10N2.C6H9N3.9C2H6/c1-7(2)8-3-5-9-6-4-8;2*1-7(2)8-4-3-5-9-6-8;1-7(2)8-5-3-4-6-9-8;1-6(2)7-5-8-3-4-9-7;1-6(2)7-3-4-8-9-5-7;1-6(2)7-8-4-3-5-9-7;1-6(2)7-4-3-5-8-9-7;1-5(2)6-8-3-7-4-9-6;9*1-2/h4*3-7H,1-2H3;4*3-6H,1-2H3;3-5H,1-2H3;9*1-2H3. The van der Waals surface area contributed by atoms with Crippen LogP contribution in [0.1, 0.15) is 354 Å². The number of aromatic nitrogens is 15. The summed E-state index contributed by atoms with van der Waals surface area (Å²) < 4.78 is 0. The summed E-state index contributed by atoms with van der Waals surface area (Å²) in [5.74, 6) is 6.48. The summed E-state index contributed by atoms with van der Waals surface area (Å²) in [5.41, 5.74) is 8.47. The van der Waals surface area contributed by atoms with E-state index in [1.807, 2.05) is 222 Å². The zero-order valence-electron chi connectivity index (χ0n) is 69.7. The second kappa shape index (κ2) is 86.0. The van der Waals surface area contributed by atoms with Crippen LogP contribution in [0.15, 0.2) is 184 Å². The van der Waals surface area contributed by atoms with Crippen LogP contribution in [0.2, 0.25) is 0 Å². The molecule has 0 N–H and O–H groups in total. The normalized spacial score (nSPS) is 8.82. The van der Waals surface area contributed by atoms with Crippen molar-refractivity contribution in [2.75, 3.05) is 0 Å². The maximum atomic E-state index is 4.18. The molecule has 0 radical (unpaired) electrons. The van der Waals surface area contributed by atoms with E-state index in [4.69, 9.17) is 0 Å². The van der Waals surface area contributed by atoms with E-state index in [0.29, 0.717) is 53.3 Å². The molecule has 9 aromatic rings. The van der Waals surface area contributed by atoms with Gasteiger partial charge in [0.2, 0.25) is 0 Å². The fourth-order valence-corrected chi connectivity index (χ4v) is 5.93. The Kier molecular flexibility index (Phi) is 95.2. The van der Waals surface area contributed by atoms with Crippen molar-refractivity contribution in [3.63, 3.8) is 0 Å². The van der Waals surface area contributed by atoms with Gasteiger partial charge in [-0.2, -0.15) is 20.4 Å². The van der Waals surface area contributed by atoms with Crippen molar-refractivity contribution in [1.29, 1.82) is 0 Å². The molecule has 0 unspecified atom stereocenters. The van der Waals surface area contributed by atoms with Crippen molar-refractivity contribution in [3.05, 3.63) is 235 Å². The van der Waals surface area contributed by atoms with Gasteiger partial charge in [0, 0.05) is 104 Å². The fraction of sp³-hybridized carbons (Fsp3) is 0.536. The lowest BCUT2D eigenvalue weighted by molar-refractivity contribution is 0.759. The van der Waals surface area contributed by atoms with Gasteiger partial charge in [0.05, 0.1) is 17.6 Å². The lowest BCUT2D eigenvalue weighted by Gasteiger charge is -2.01. The Morgan fingerprint density at radius 2 is 0.576 bits per heavy atom. The minimum absolute atomic E-state index is 0.396. The van der Waals surface area contributed by atoms with E-state index in [0.717, 1.165) is 28.7 Å². The first-order chi connectivity index (χ1) is 47.7. The minimum atomic E-state index is 0.396. The molecule has 0 atom stereocenters. The SMILES string of the molecule is CC.CC.CC.CC.CC.CC.CC.CC.CC.CC(C)c1ccccn1.CC(C)c1cccnc1.CC(C)c1cccnc1.CC(C)c1cccnn1.CC(C)c1ccncc1.CC(C)c1ccnnc1.CC(C)c1cnccn1.CC(C)c1ncccn1.CC(C)c1ncncn1. The molecule has 558 valence electrons. The highest BCUT2D eigenvalue weighted by molar-refractivity contribution is 5.15. The second-order valence-corrected chi connectivity index (χ2v) is 21.1. The summed E-state index contributed by atoms with van der Waals surface area (Å²) in [5, 5.41) is 15.1. The molecule has 0 aliphatic carbocycles. The smallest absolute Gasteiger partial charge is 0.134 e. The van der Waals surface area contributed by atoms with Gasteiger partial charge < -0.3 is 0 Å². The third kappa shape index (κ3) is 69.6. The zero-order chi connectivity index (χ0) is 78.2. The van der Waals surface area contributed by atoms with Gasteiger partial charge in [-0.05, 0) is 124 Å². The van der Waals surface area contributed by atoms with Crippen LogP contribution in [-0.2, 0) is 0 Å². The molecule has 0 aliphatic rings. The highest BCUT2D eigenvalue weighted by Gasteiger charge is 2.02. The van der Waals surface area contributed by atoms with Crippen molar-refractivity contribution in [2.24, 2.45) is 0 Å². The van der Waals surface area contributed by atoms with Crippen LogP contribution >= 0.6 is 0 Å². The van der Waals surface area contributed by atoms with Gasteiger partial charge in [-0.1, -0.05) is 267 Å². The zero-order valence-corrected chi connectivity index (χ0v) is 69.7. The molecule has 0 aromatic carbocycles. The van der Waals surface area contributed by atoms with E-state index in [9.17, 15) is 0 Å². The van der Waals surface area contributed by atoms with Crippen LogP contribution in [0.4, 0.5) is 0 Å². The second-order valence-electron chi connectivity index (χ2n) is 21.1. The van der Waals surface area contributed by atoms with Gasteiger partial charge in [0.15, 0.2) is 0 Å². The fourth-order valence-electron chi connectivity index (χ4n) is 5.93. The molecule has 0 saturated heterocycles. The Bertz CT molecular complexity index is 2150. The summed E-state index contributed by atoms with van der Waals surface area (Å²) >= 11 is 0. The van der Waals surface area contributed by atoms with E-state index in [-0.39, 0.29) is 0 Å². The Morgan fingerprint density at radius 3 is 0.818 bits per heavy atom. The topological polar surface area (TPSA) is 193 Å². The first-order valence-electron chi connectivity index (χ1n) is 37.0. The molecule has 0 bridgehead atoms. The Hall–Kier alpha value is -8.07. The average molecular weight is 1370 g/mol. The number of nitrogens with zero attached hydrogens (tertiary/aromatic N) is 15. The molecule has 9 heterocycles. The molecule has 0 spiro atoms. The Balaban J connectivity index is -0.000000128. The van der Waals surface area contributed by atoms with Gasteiger partial charge >= 0.3 is 0 Å². The van der Waals surface area contributed by atoms with Crippen molar-refractivity contribution in [2.45, 2.75) is 303 Å². The lowest BCUT2D eigenvalue weighted by atomic mass is 10.1. The Labute approximate surface area is 610 Å². The van der Waals surface area contributed by atoms with Gasteiger partial charge in [0.25, 0.3) is 0 Å². The van der Waals surface area contributed by atoms with E-state index in [2.05, 4.69) is 212 Å². The van der Waals surface area contributed by atoms with Gasteiger partial charge in [-0.25, -0.2) is 24.9 Å². The predicted molar refractivity (Wildman–Crippen MR) is 434 cm³/mol.